The lowest BCUT2D eigenvalue weighted by molar-refractivity contribution is -0.126. The molecule has 0 radical (unpaired) electrons. The summed E-state index contributed by atoms with van der Waals surface area (Å²) in [4.78, 5) is 11.9. The Balaban J connectivity index is 1.96. The van der Waals surface area contributed by atoms with E-state index in [9.17, 15) is 4.79 Å². The Bertz CT molecular complexity index is 219. The van der Waals surface area contributed by atoms with Gasteiger partial charge in [0.05, 0.1) is 0 Å². The van der Waals surface area contributed by atoms with E-state index < -0.39 is 0 Å². The van der Waals surface area contributed by atoms with Gasteiger partial charge in [-0.05, 0) is 38.1 Å². The predicted molar refractivity (Wildman–Crippen MR) is 61.8 cm³/mol. The fourth-order valence-corrected chi connectivity index (χ4v) is 3.04. The van der Waals surface area contributed by atoms with Gasteiger partial charge in [-0.3, -0.25) is 4.79 Å². The molecule has 3 unspecified atom stereocenters. The van der Waals surface area contributed by atoms with Crippen LogP contribution in [0.3, 0.4) is 0 Å². The zero-order valence-corrected chi connectivity index (χ0v) is 9.80. The van der Waals surface area contributed by atoms with Crippen LogP contribution < -0.4 is 5.32 Å². The second kappa shape index (κ2) is 5.11. The van der Waals surface area contributed by atoms with E-state index in [1.54, 1.807) is 0 Å². The Morgan fingerprint density at radius 1 is 1.20 bits per heavy atom. The normalized spacial score (nSPS) is 38.7. The molecule has 0 spiro atoms. The molecule has 0 aromatic heterocycles. The quantitative estimate of drug-likeness (QED) is 0.719. The highest BCUT2D eigenvalue weighted by atomic mass is 16.1. The van der Waals surface area contributed by atoms with Crippen molar-refractivity contribution in [2.24, 2.45) is 11.8 Å². The topological polar surface area (TPSA) is 29.1 Å². The fraction of sp³-hybridized carbons (Fsp3) is 0.923. The maximum Gasteiger partial charge on any atom is 0.137 e. The van der Waals surface area contributed by atoms with Crippen molar-refractivity contribution in [2.75, 3.05) is 6.54 Å². The van der Waals surface area contributed by atoms with Gasteiger partial charge in [0.1, 0.15) is 5.78 Å². The molecule has 2 rings (SSSR count). The van der Waals surface area contributed by atoms with Crippen molar-refractivity contribution in [3.63, 3.8) is 0 Å². The number of Topliss-reactive ketones (excluding diaryl/α,β-unsaturated/α-hetero) is 1. The van der Waals surface area contributed by atoms with Crippen LogP contribution in [-0.2, 0) is 4.79 Å². The predicted octanol–water partition coefficient (Wildman–Crippen LogP) is 2.52. The molecule has 86 valence electrons. The summed E-state index contributed by atoms with van der Waals surface area (Å²) in [5.41, 5.74) is 0. The lowest BCUT2D eigenvalue weighted by atomic mass is 9.76. The molecule has 15 heavy (non-hydrogen) atoms. The maximum atomic E-state index is 11.9. The summed E-state index contributed by atoms with van der Waals surface area (Å²) in [6.45, 7) is 3.40. The zero-order valence-electron chi connectivity index (χ0n) is 9.80. The number of hydrogen-bond donors (Lipinski definition) is 1. The Hall–Kier alpha value is -0.370. The lowest BCUT2D eigenvalue weighted by Crippen LogP contribution is -2.42. The van der Waals surface area contributed by atoms with E-state index in [-0.39, 0.29) is 0 Å². The van der Waals surface area contributed by atoms with Crippen LogP contribution in [-0.4, -0.2) is 18.4 Å². The summed E-state index contributed by atoms with van der Waals surface area (Å²) >= 11 is 0. The summed E-state index contributed by atoms with van der Waals surface area (Å²) in [5.74, 6) is 1.59. The van der Waals surface area contributed by atoms with Crippen LogP contribution in [0, 0.1) is 11.8 Å². The largest absolute Gasteiger partial charge is 0.313 e. The highest BCUT2D eigenvalue weighted by molar-refractivity contribution is 5.82. The number of nitrogens with one attached hydrogen (secondary N) is 1. The first-order valence-corrected chi connectivity index (χ1v) is 6.53. The average Bonchev–Trinajstić information content (AvgIpc) is 2.50. The Kier molecular flexibility index (Phi) is 3.79. The van der Waals surface area contributed by atoms with Crippen LogP contribution in [0.25, 0.3) is 0 Å². The Morgan fingerprint density at radius 2 is 2.07 bits per heavy atom. The van der Waals surface area contributed by atoms with E-state index in [1.807, 2.05) is 0 Å². The van der Waals surface area contributed by atoms with Gasteiger partial charge in [0.2, 0.25) is 0 Å². The average molecular weight is 209 g/mol. The summed E-state index contributed by atoms with van der Waals surface area (Å²) in [6, 6.07) is 0.489. The molecule has 1 aliphatic heterocycles. The molecule has 1 N–H and O–H groups in total. The highest BCUT2D eigenvalue weighted by Gasteiger charge is 2.32. The molecular formula is C13H23NO. The molecule has 0 aromatic carbocycles. The maximum absolute atomic E-state index is 11.9. The van der Waals surface area contributed by atoms with Gasteiger partial charge >= 0.3 is 0 Å². The van der Waals surface area contributed by atoms with Crippen molar-refractivity contribution in [3.05, 3.63) is 0 Å². The fourth-order valence-electron chi connectivity index (χ4n) is 3.04. The zero-order chi connectivity index (χ0) is 10.7. The van der Waals surface area contributed by atoms with Gasteiger partial charge in [-0.1, -0.05) is 19.8 Å². The molecule has 1 aliphatic carbocycles. The molecule has 1 heterocycles. The van der Waals surface area contributed by atoms with Gasteiger partial charge in [-0.25, -0.2) is 0 Å². The number of carbonyl (C=O) groups excluding carboxylic acids is 1. The molecule has 2 aliphatic rings. The monoisotopic (exact) mass is 209 g/mol. The third kappa shape index (κ3) is 2.81. The van der Waals surface area contributed by atoms with Gasteiger partial charge < -0.3 is 5.32 Å². The standard InChI is InChI=1S/C13H23NO/c1-10-6-7-13(15)11(9-10)12-5-3-2-4-8-14-12/h10-12,14H,2-9H2,1H3. The third-order valence-electron chi connectivity index (χ3n) is 4.04. The molecule has 0 aromatic rings. The van der Waals surface area contributed by atoms with Crippen molar-refractivity contribution >= 4 is 5.78 Å². The second-order valence-corrected chi connectivity index (χ2v) is 5.36. The van der Waals surface area contributed by atoms with Gasteiger partial charge in [0.15, 0.2) is 0 Å². The molecular weight excluding hydrogens is 186 g/mol. The first-order valence-electron chi connectivity index (χ1n) is 6.53. The number of ketones is 1. The van der Waals surface area contributed by atoms with Crippen molar-refractivity contribution in [2.45, 2.75) is 57.9 Å². The van der Waals surface area contributed by atoms with Crippen molar-refractivity contribution in [1.29, 1.82) is 0 Å². The van der Waals surface area contributed by atoms with E-state index in [0.29, 0.717) is 17.7 Å². The van der Waals surface area contributed by atoms with Crippen LogP contribution in [0.5, 0.6) is 0 Å². The molecule has 2 nitrogen and oxygen atoms in total. The minimum Gasteiger partial charge on any atom is -0.313 e. The van der Waals surface area contributed by atoms with E-state index in [4.69, 9.17) is 0 Å². The third-order valence-corrected chi connectivity index (χ3v) is 4.04. The minimum atomic E-state index is 0.326. The van der Waals surface area contributed by atoms with E-state index in [0.717, 1.165) is 31.7 Å². The molecule has 2 fully saturated rings. The van der Waals surface area contributed by atoms with Crippen molar-refractivity contribution in [3.8, 4) is 0 Å². The molecule has 2 heteroatoms. The van der Waals surface area contributed by atoms with Gasteiger partial charge in [-0.15, -0.1) is 0 Å². The van der Waals surface area contributed by atoms with Crippen LogP contribution in [0.2, 0.25) is 0 Å². The first-order chi connectivity index (χ1) is 7.27. The van der Waals surface area contributed by atoms with Gasteiger partial charge in [0, 0.05) is 18.4 Å². The van der Waals surface area contributed by atoms with Crippen LogP contribution >= 0.6 is 0 Å². The van der Waals surface area contributed by atoms with Crippen molar-refractivity contribution < 1.29 is 4.79 Å². The first kappa shape index (κ1) is 11.1. The number of rotatable bonds is 1. The van der Waals surface area contributed by atoms with Crippen LogP contribution in [0.15, 0.2) is 0 Å². The highest BCUT2D eigenvalue weighted by Crippen LogP contribution is 2.30. The van der Waals surface area contributed by atoms with Gasteiger partial charge in [-0.2, -0.15) is 0 Å². The van der Waals surface area contributed by atoms with Crippen LogP contribution in [0.1, 0.15) is 51.9 Å². The van der Waals surface area contributed by atoms with E-state index >= 15 is 0 Å². The number of carbonyl (C=O) groups is 1. The van der Waals surface area contributed by atoms with Crippen LogP contribution in [0.4, 0.5) is 0 Å². The summed E-state index contributed by atoms with van der Waals surface area (Å²) in [5, 5.41) is 3.58. The second-order valence-electron chi connectivity index (χ2n) is 5.36. The molecule has 0 amide bonds. The van der Waals surface area contributed by atoms with E-state index in [1.165, 1.54) is 25.7 Å². The summed E-state index contributed by atoms with van der Waals surface area (Å²) in [7, 11) is 0. The Labute approximate surface area is 92.8 Å². The molecule has 1 saturated carbocycles. The van der Waals surface area contributed by atoms with E-state index in [2.05, 4.69) is 12.2 Å². The summed E-state index contributed by atoms with van der Waals surface area (Å²) < 4.78 is 0. The SMILES string of the molecule is CC1CCC(=O)C(C2CCCCCN2)C1. The molecule has 3 atom stereocenters. The minimum absolute atomic E-state index is 0.326. The lowest BCUT2D eigenvalue weighted by Gasteiger charge is -2.32. The van der Waals surface area contributed by atoms with Gasteiger partial charge in [0.25, 0.3) is 0 Å². The number of hydrogen-bond acceptors (Lipinski definition) is 2. The molecule has 0 bridgehead atoms. The smallest absolute Gasteiger partial charge is 0.137 e. The van der Waals surface area contributed by atoms with Crippen molar-refractivity contribution in [1.82, 2.24) is 5.32 Å². The Morgan fingerprint density at radius 3 is 2.93 bits per heavy atom. The summed E-state index contributed by atoms with van der Waals surface area (Å²) in [6.07, 6.45) is 8.19. The molecule has 1 saturated heterocycles.